The van der Waals surface area contributed by atoms with Crippen LogP contribution in [0.2, 0.25) is 0 Å². The van der Waals surface area contributed by atoms with E-state index in [9.17, 15) is 4.39 Å². The van der Waals surface area contributed by atoms with Crippen molar-refractivity contribution in [2.24, 2.45) is 0 Å². The third-order valence-corrected chi connectivity index (χ3v) is 4.17. The summed E-state index contributed by atoms with van der Waals surface area (Å²) in [6.07, 6.45) is 1.57. The van der Waals surface area contributed by atoms with Gasteiger partial charge in [-0.15, -0.1) is 15.3 Å². The Hall–Kier alpha value is -3.21. The fraction of sp³-hybridized carbons (Fsp3) is 0.250. The summed E-state index contributed by atoms with van der Waals surface area (Å²) in [5.74, 6) is 0.494. The quantitative estimate of drug-likeness (QED) is 0.711. The van der Waals surface area contributed by atoms with E-state index in [0.29, 0.717) is 30.0 Å². The maximum absolute atomic E-state index is 14.1. The summed E-state index contributed by atoms with van der Waals surface area (Å²) in [6.45, 7) is 2.84. The van der Waals surface area contributed by atoms with Gasteiger partial charge in [-0.3, -0.25) is 0 Å². The molecule has 7 nitrogen and oxygen atoms in total. The fourth-order valence-electron chi connectivity index (χ4n) is 2.90. The van der Waals surface area contributed by atoms with Crippen molar-refractivity contribution in [1.82, 2.24) is 19.8 Å². The summed E-state index contributed by atoms with van der Waals surface area (Å²) >= 11 is 0. The lowest BCUT2D eigenvalue weighted by Gasteiger charge is -2.36. The SMILES string of the molecule is N#Cc1ccc(N2CCN(c3ccc4nncn4n3)CC2)c(F)c1. The third-order valence-electron chi connectivity index (χ3n) is 4.17. The van der Waals surface area contributed by atoms with Crippen molar-refractivity contribution in [2.45, 2.75) is 0 Å². The van der Waals surface area contributed by atoms with E-state index in [2.05, 4.69) is 20.2 Å². The van der Waals surface area contributed by atoms with Gasteiger partial charge in [0.05, 0.1) is 17.3 Å². The summed E-state index contributed by atoms with van der Waals surface area (Å²) < 4.78 is 15.8. The molecular formula is C16H14FN7. The molecule has 0 spiro atoms. The summed E-state index contributed by atoms with van der Waals surface area (Å²) in [7, 11) is 0. The Morgan fingerprint density at radius 3 is 2.58 bits per heavy atom. The monoisotopic (exact) mass is 323 g/mol. The van der Waals surface area contributed by atoms with Crippen LogP contribution in [0.1, 0.15) is 5.56 Å². The first-order valence-corrected chi connectivity index (χ1v) is 7.61. The largest absolute Gasteiger partial charge is 0.366 e. The zero-order valence-electron chi connectivity index (χ0n) is 12.8. The topological polar surface area (TPSA) is 73.4 Å². The maximum Gasteiger partial charge on any atom is 0.177 e. The van der Waals surface area contributed by atoms with Crippen molar-refractivity contribution in [1.29, 1.82) is 5.26 Å². The van der Waals surface area contributed by atoms with Crippen LogP contribution in [0.5, 0.6) is 0 Å². The van der Waals surface area contributed by atoms with Crippen LogP contribution < -0.4 is 9.80 Å². The summed E-state index contributed by atoms with van der Waals surface area (Å²) in [5.41, 5.74) is 1.58. The molecule has 0 saturated carbocycles. The molecule has 1 aromatic carbocycles. The van der Waals surface area contributed by atoms with Crippen LogP contribution in [0.25, 0.3) is 5.65 Å². The Morgan fingerprint density at radius 1 is 1.04 bits per heavy atom. The van der Waals surface area contributed by atoms with Gasteiger partial charge >= 0.3 is 0 Å². The molecule has 1 saturated heterocycles. The molecule has 3 heterocycles. The average Bonchev–Trinajstić information content (AvgIpc) is 3.09. The van der Waals surface area contributed by atoms with Crippen LogP contribution >= 0.6 is 0 Å². The first-order chi connectivity index (χ1) is 11.7. The maximum atomic E-state index is 14.1. The Kier molecular flexibility index (Phi) is 3.46. The number of fused-ring (bicyclic) bond motifs is 1. The first kappa shape index (κ1) is 14.4. The fourth-order valence-corrected chi connectivity index (χ4v) is 2.90. The summed E-state index contributed by atoms with van der Waals surface area (Å²) in [5, 5.41) is 21.1. The molecule has 3 aromatic rings. The Labute approximate surface area is 137 Å². The number of anilines is 2. The second-order valence-electron chi connectivity index (χ2n) is 5.58. The molecule has 0 amide bonds. The molecule has 8 heteroatoms. The number of hydrogen-bond donors (Lipinski definition) is 0. The normalized spacial score (nSPS) is 14.8. The van der Waals surface area contributed by atoms with Gasteiger partial charge in [-0.2, -0.15) is 9.78 Å². The number of halogens is 1. The molecule has 0 bridgehead atoms. The van der Waals surface area contributed by atoms with Gasteiger partial charge in [0.25, 0.3) is 0 Å². The van der Waals surface area contributed by atoms with E-state index < -0.39 is 0 Å². The summed E-state index contributed by atoms with van der Waals surface area (Å²) in [4.78, 5) is 4.14. The molecule has 24 heavy (non-hydrogen) atoms. The van der Waals surface area contributed by atoms with Crippen LogP contribution in [-0.2, 0) is 0 Å². The molecule has 1 fully saturated rings. The second-order valence-corrected chi connectivity index (χ2v) is 5.58. The van der Waals surface area contributed by atoms with Crippen molar-refractivity contribution in [3.05, 3.63) is 48.0 Å². The molecule has 0 N–H and O–H groups in total. The molecule has 0 aliphatic carbocycles. The molecule has 0 unspecified atom stereocenters. The van der Waals surface area contributed by atoms with E-state index in [4.69, 9.17) is 5.26 Å². The molecule has 1 aliphatic rings. The van der Waals surface area contributed by atoms with Gasteiger partial charge in [-0.1, -0.05) is 0 Å². The van der Waals surface area contributed by atoms with Gasteiger partial charge in [0.15, 0.2) is 5.65 Å². The number of hydrogen-bond acceptors (Lipinski definition) is 6. The van der Waals surface area contributed by atoms with Crippen molar-refractivity contribution < 1.29 is 4.39 Å². The molecule has 0 radical (unpaired) electrons. The number of piperazine rings is 1. The van der Waals surface area contributed by atoms with Crippen molar-refractivity contribution in [3.8, 4) is 6.07 Å². The van der Waals surface area contributed by atoms with Crippen LogP contribution in [0.4, 0.5) is 15.9 Å². The minimum Gasteiger partial charge on any atom is -0.366 e. The zero-order valence-corrected chi connectivity index (χ0v) is 12.8. The van der Waals surface area contributed by atoms with E-state index in [1.54, 1.807) is 23.0 Å². The number of nitriles is 1. The minimum absolute atomic E-state index is 0.335. The lowest BCUT2D eigenvalue weighted by Crippen LogP contribution is -2.47. The van der Waals surface area contributed by atoms with Crippen molar-refractivity contribution >= 4 is 17.2 Å². The highest BCUT2D eigenvalue weighted by Gasteiger charge is 2.21. The van der Waals surface area contributed by atoms with E-state index in [0.717, 1.165) is 18.9 Å². The number of aromatic nitrogens is 4. The van der Waals surface area contributed by atoms with Crippen LogP contribution in [0, 0.1) is 17.1 Å². The highest BCUT2D eigenvalue weighted by molar-refractivity contribution is 5.53. The third kappa shape index (κ3) is 2.50. The number of benzene rings is 1. The predicted octanol–water partition coefficient (Wildman–Crippen LogP) is 1.46. The molecule has 4 rings (SSSR count). The summed E-state index contributed by atoms with van der Waals surface area (Å²) in [6, 6.07) is 10.3. The van der Waals surface area contributed by atoms with Gasteiger partial charge in [0, 0.05) is 26.2 Å². The Morgan fingerprint density at radius 2 is 1.83 bits per heavy atom. The van der Waals surface area contributed by atoms with E-state index in [1.807, 2.05) is 23.1 Å². The van der Waals surface area contributed by atoms with Gasteiger partial charge in [0.1, 0.15) is 18.0 Å². The Bertz CT molecular complexity index is 922. The molecular weight excluding hydrogens is 309 g/mol. The molecule has 2 aromatic heterocycles. The van der Waals surface area contributed by atoms with E-state index in [-0.39, 0.29) is 5.82 Å². The van der Waals surface area contributed by atoms with Crippen LogP contribution in [-0.4, -0.2) is 46.0 Å². The van der Waals surface area contributed by atoms with Gasteiger partial charge < -0.3 is 9.80 Å². The molecule has 0 atom stereocenters. The van der Waals surface area contributed by atoms with E-state index >= 15 is 0 Å². The van der Waals surface area contributed by atoms with Crippen molar-refractivity contribution in [3.63, 3.8) is 0 Å². The van der Waals surface area contributed by atoms with Crippen LogP contribution in [0.3, 0.4) is 0 Å². The lowest BCUT2D eigenvalue weighted by atomic mass is 10.2. The van der Waals surface area contributed by atoms with Crippen LogP contribution in [0.15, 0.2) is 36.7 Å². The first-order valence-electron chi connectivity index (χ1n) is 7.61. The van der Waals surface area contributed by atoms with Gasteiger partial charge in [-0.25, -0.2) is 4.39 Å². The standard InChI is InChI=1S/C16H14FN7/c17-13-9-12(10-18)1-2-14(13)22-5-7-23(8-6-22)16-4-3-15-20-19-11-24(15)21-16/h1-4,9,11H,5-8H2. The molecule has 1 aliphatic heterocycles. The number of rotatable bonds is 2. The zero-order chi connectivity index (χ0) is 16.5. The predicted molar refractivity (Wildman–Crippen MR) is 86.3 cm³/mol. The average molecular weight is 323 g/mol. The highest BCUT2D eigenvalue weighted by atomic mass is 19.1. The Balaban J connectivity index is 1.49. The smallest absolute Gasteiger partial charge is 0.177 e. The second kappa shape index (κ2) is 5.77. The highest BCUT2D eigenvalue weighted by Crippen LogP contribution is 2.23. The van der Waals surface area contributed by atoms with Gasteiger partial charge in [0.2, 0.25) is 0 Å². The van der Waals surface area contributed by atoms with Gasteiger partial charge in [-0.05, 0) is 30.3 Å². The lowest BCUT2D eigenvalue weighted by molar-refractivity contribution is 0.594. The molecule has 120 valence electrons. The van der Waals surface area contributed by atoms with E-state index in [1.165, 1.54) is 6.07 Å². The van der Waals surface area contributed by atoms with Crippen molar-refractivity contribution in [2.75, 3.05) is 36.0 Å². The number of nitrogens with zero attached hydrogens (tertiary/aromatic N) is 7. The minimum atomic E-state index is -0.355.